The summed E-state index contributed by atoms with van der Waals surface area (Å²) >= 11 is 3.53. The van der Waals surface area contributed by atoms with Crippen LogP contribution < -0.4 is 5.32 Å². The maximum atomic E-state index is 12.2. The van der Waals surface area contributed by atoms with E-state index in [2.05, 4.69) is 45.5 Å². The summed E-state index contributed by atoms with van der Waals surface area (Å²) < 4.78 is 0. The number of hydrogen-bond acceptors (Lipinski definition) is 1. The summed E-state index contributed by atoms with van der Waals surface area (Å²) in [7, 11) is 0. The average Bonchev–Trinajstić information content (AvgIpc) is 3.15. The third-order valence-electron chi connectivity index (χ3n) is 4.31. The van der Waals surface area contributed by atoms with Gasteiger partial charge in [0.2, 0.25) is 5.91 Å². The number of halogens is 1. The van der Waals surface area contributed by atoms with Crippen molar-refractivity contribution in [2.45, 2.75) is 37.1 Å². The molecule has 2 atom stereocenters. The van der Waals surface area contributed by atoms with E-state index in [1.807, 2.05) is 6.07 Å². The Kier molecular flexibility index (Phi) is 3.18. The summed E-state index contributed by atoms with van der Waals surface area (Å²) in [5.41, 5.74) is 1.36. The first kappa shape index (κ1) is 12.2. The fraction of sp³-hybridized carbons (Fsp3) is 0.533. The minimum absolute atomic E-state index is 0.0565. The van der Waals surface area contributed by atoms with Crippen LogP contribution >= 0.6 is 15.9 Å². The van der Waals surface area contributed by atoms with Gasteiger partial charge in [-0.25, -0.2) is 0 Å². The molecular formula is C15H18BrNO. The van der Waals surface area contributed by atoms with Gasteiger partial charge >= 0.3 is 0 Å². The number of amides is 1. The monoisotopic (exact) mass is 307 g/mol. The maximum Gasteiger partial charge on any atom is 0.224 e. The van der Waals surface area contributed by atoms with Gasteiger partial charge in [0.15, 0.2) is 0 Å². The normalized spacial score (nSPS) is 28.3. The van der Waals surface area contributed by atoms with Crippen LogP contribution in [0.2, 0.25) is 0 Å². The van der Waals surface area contributed by atoms with E-state index in [0.29, 0.717) is 5.92 Å². The van der Waals surface area contributed by atoms with Crippen LogP contribution in [0.15, 0.2) is 30.3 Å². The molecule has 2 aliphatic carbocycles. The lowest BCUT2D eigenvalue weighted by Gasteiger charge is -2.41. The van der Waals surface area contributed by atoms with Crippen LogP contribution in [-0.4, -0.2) is 16.8 Å². The highest BCUT2D eigenvalue weighted by Gasteiger charge is 2.47. The maximum absolute atomic E-state index is 12.2. The van der Waals surface area contributed by atoms with E-state index in [4.69, 9.17) is 0 Å². The van der Waals surface area contributed by atoms with Crippen LogP contribution in [0.5, 0.6) is 0 Å². The molecule has 18 heavy (non-hydrogen) atoms. The Balaban J connectivity index is 1.60. The zero-order valence-corrected chi connectivity index (χ0v) is 11.9. The molecule has 2 nitrogen and oxygen atoms in total. The van der Waals surface area contributed by atoms with Gasteiger partial charge < -0.3 is 5.32 Å². The largest absolute Gasteiger partial charge is 0.350 e. The number of nitrogens with one attached hydrogen (secondary N) is 1. The fourth-order valence-corrected chi connectivity index (χ4v) is 3.50. The standard InChI is InChI=1S/C15H18BrNO/c16-10-15(7-4-8-15)17-14(18)13-9-12(13)11-5-2-1-3-6-11/h1-3,5-6,12-13H,4,7-10H2,(H,17,18). The Hall–Kier alpha value is -0.830. The van der Waals surface area contributed by atoms with Crippen molar-refractivity contribution in [2.75, 3.05) is 5.33 Å². The highest BCUT2D eigenvalue weighted by Crippen LogP contribution is 2.48. The third-order valence-corrected chi connectivity index (χ3v) is 5.38. The van der Waals surface area contributed by atoms with E-state index < -0.39 is 0 Å². The van der Waals surface area contributed by atoms with Crippen LogP contribution in [0, 0.1) is 5.92 Å². The number of carbonyl (C=O) groups excluding carboxylic acids is 1. The lowest BCUT2D eigenvalue weighted by Crippen LogP contribution is -2.55. The summed E-state index contributed by atoms with van der Waals surface area (Å²) in [6, 6.07) is 10.4. The molecule has 0 spiro atoms. The van der Waals surface area contributed by atoms with Gasteiger partial charge in [-0.05, 0) is 37.2 Å². The number of rotatable bonds is 4. The van der Waals surface area contributed by atoms with Crippen LogP contribution in [0.3, 0.4) is 0 Å². The van der Waals surface area contributed by atoms with Crippen molar-refractivity contribution in [2.24, 2.45) is 5.92 Å². The average molecular weight is 308 g/mol. The van der Waals surface area contributed by atoms with Crippen LogP contribution in [0.4, 0.5) is 0 Å². The Morgan fingerprint density at radius 3 is 2.61 bits per heavy atom. The number of carbonyl (C=O) groups is 1. The van der Waals surface area contributed by atoms with E-state index in [1.165, 1.54) is 12.0 Å². The summed E-state index contributed by atoms with van der Waals surface area (Å²) in [4.78, 5) is 12.2. The molecule has 0 radical (unpaired) electrons. The van der Waals surface area contributed by atoms with E-state index in [9.17, 15) is 4.79 Å². The molecule has 1 aromatic rings. The zero-order valence-electron chi connectivity index (χ0n) is 10.4. The molecule has 3 rings (SSSR count). The molecule has 2 saturated carbocycles. The summed E-state index contributed by atoms with van der Waals surface area (Å²) in [5.74, 6) is 0.894. The number of benzene rings is 1. The molecule has 0 heterocycles. The van der Waals surface area contributed by atoms with Gasteiger partial charge in [0, 0.05) is 16.8 Å². The summed E-state index contributed by atoms with van der Waals surface area (Å²) in [5, 5.41) is 4.14. The molecule has 1 amide bonds. The Labute approximate surface area is 116 Å². The van der Waals surface area contributed by atoms with Crippen LogP contribution in [-0.2, 0) is 4.79 Å². The Morgan fingerprint density at radius 1 is 1.33 bits per heavy atom. The molecule has 1 aromatic carbocycles. The van der Waals surface area contributed by atoms with Gasteiger partial charge in [-0.3, -0.25) is 4.79 Å². The first-order chi connectivity index (χ1) is 8.74. The van der Waals surface area contributed by atoms with E-state index in [-0.39, 0.29) is 17.4 Å². The Morgan fingerprint density at radius 2 is 2.06 bits per heavy atom. The molecule has 2 fully saturated rings. The van der Waals surface area contributed by atoms with Gasteiger partial charge in [-0.1, -0.05) is 46.3 Å². The van der Waals surface area contributed by atoms with Crippen LogP contribution in [0.1, 0.15) is 37.2 Å². The second-order valence-corrected chi connectivity index (χ2v) is 6.18. The second-order valence-electron chi connectivity index (χ2n) is 5.62. The van der Waals surface area contributed by atoms with Gasteiger partial charge in [-0.2, -0.15) is 0 Å². The van der Waals surface area contributed by atoms with Crippen LogP contribution in [0.25, 0.3) is 0 Å². The molecule has 1 N–H and O–H groups in total. The zero-order chi connectivity index (χ0) is 12.6. The lowest BCUT2D eigenvalue weighted by atomic mass is 9.78. The molecule has 3 heteroatoms. The van der Waals surface area contributed by atoms with E-state index >= 15 is 0 Å². The fourth-order valence-electron chi connectivity index (χ4n) is 2.80. The van der Waals surface area contributed by atoms with E-state index in [1.54, 1.807) is 0 Å². The van der Waals surface area contributed by atoms with Crippen molar-refractivity contribution in [3.8, 4) is 0 Å². The van der Waals surface area contributed by atoms with Crippen molar-refractivity contribution in [1.29, 1.82) is 0 Å². The Bertz CT molecular complexity index is 436. The topological polar surface area (TPSA) is 29.1 Å². The SMILES string of the molecule is O=C(NC1(CBr)CCC1)C1CC1c1ccccc1. The van der Waals surface area contributed by atoms with Crippen molar-refractivity contribution in [1.82, 2.24) is 5.32 Å². The molecule has 0 aliphatic heterocycles. The van der Waals surface area contributed by atoms with Gasteiger partial charge in [-0.15, -0.1) is 0 Å². The molecule has 0 bridgehead atoms. The minimum atomic E-state index is 0.0565. The molecule has 0 aromatic heterocycles. The van der Waals surface area contributed by atoms with Gasteiger partial charge in [0.25, 0.3) is 0 Å². The second kappa shape index (κ2) is 4.69. The van der Waals surface area contributed by atoms with E-state index in [0.717, 1.165) is 24.6 Å². The molecule has 96 valence electrons. The molecule has 0 saturated heterocycles. The number of alkyl halides is 1. The highest BCUT2D eigenvalue weighted by atomic mass is 79.9. The molecular weight excluding hydrogens is 290 g/mol. The lowest BCUT2D eigenvalue weighted by molar-refractivity contribution is -0.125. The van der Waals surface area contributed by atoms with Crippen molar-refractivity contribution in [3.63, 3.8) is 0 Å². The summed E-state index contributed by atoms with van der Waals surface area (Å²) in [6.07, 6.45) is 4.48. The number of hydrogen-bond donors (Lipinski definition) is 1. The summed E-state index contributed by atoms with van der Waals surface area (Å²) in [6.45, 7) is 0. The predicted octanol–water partition coefficient (Wildman–Crippen LogP) is 3.22. The van der Waals surface area contributed by atoms with Gasteiger partial charge in [0.1, 0.15) is 0 Å². The third kappa shape index (κ3) is 2.20. The molecule has 2 unspecified atom stereocenters. The quantitative estimate of drug-likeness (QED) is 0.850. The van der Waals surface area contributed by atoms with Crippen molar-refractivity contribution < 1.29 is 4.79 Å². The first-order valence-corrected chi connectivity index (χ1v) is 7.79. The van der Waals surface area contributed by atoms with Crippen molar-refractivity contribution in [3.05, 3.63) is 35.9 Å². The molecule has 2 aliphatic rings. The highest BCUT2D eigenvalue weighted by molar-refractivity contribution is 9.09. The van der Waals surface area contributed by atoms with Gasteiger partial charge in [0.05, 0.1) is 0 Å². The van der Waals surface area contributed by atoms with Crippen molar-refractivity contribution >= 4 is 21.8 Å². The predicted molar refractivity (Wildman–Crippen MR) is 75.8 cm³/mol. The smallest absolute Gasteiger partial charge is 0.224 e. The minimum Gasteiger partial charge on any atom is -0.350 e. The first-order valence-electron chi connectivity index (χ1n) is 6.67.